The van der Waals surface area contributed by atoms with E-state index in [2.05, 4.69) is 16.8 Å². The number of rotatable bonds is 6. The second-order valence-corrected chi connectivity index (χ2v) is 7.26. The molecule has 1 unspecified atom stereocenters. The predicted molar refractivity (Wildman–Crippen MR) is 110 cm³/mol. The zero-order valence-corrected chi connectivity index (χ0v) is 15.7. The smallest absolute Gasteiger partial charge is 0.242 e. The summed E-state index contributed by atoms with van der Waals surface area (Å²) in [5.74, 6) is 0.0328. The van der Waals surface area contributed by atoms with Crippen molar-refractivity contribution in [1.29, 1.82) is 0 Å². The molecule has 1 amide bonds. The van der Waals surface area contributed by atoms with Crippen molar-refractivity contribution in [2.24, 2.45) is 10.2 Å². The monoisotopic (exact) mass is 383 g/mol. The molecule has 1 fully saturated rings. The Kier molecular flexibility index (Phi) is 6.26. The van der Waals surface area contributed by atoms with E-state index in [4.69, 9.17) is 11.6 Å². The van der Waals surface area contributed by atoms with Gasteiger partial charge in [0.05, 0.1) is 11.5 Å². The molecular weight excluding hydrogens is 366 g/mol. The number of halogens is 1. The Morgan fingerprint density at radius 1 is 1.15 bits per heavy atom. The largest absolute Gasteiger partial charge is 0.285 e. The van der Waals surface area contributed by atoms with Crippen LogP contribution in [0.3, 0.4) is 0 Å². The van der Waals surface area contributed by atoms with Gasteiger partial charge in [0.15, 0.2) is 5.17 Å². The maximum absolute atomic E-state index is 12.7. The fourth-order valence-electron chi connectivity index (χ4n) is 2.56. The molecule has 4 nitrogen and oxygen atoms in total. The Morgan fingerprint density at radius 3 is 2.62 bits per heavy atom. The van der Waals surface area contributed by atoms with E-state index in [1.54, 1.807) is 23.3 Å². The Bertz CT molecular complexity index is 851. The van der Waals surface area contributed by atoms with Crippen molar-refractivity contribution >= 4 is 40.7 Å². The average Bonchev–Trinajstić information content (AvgIpc) is 2.94. The van der Waals surface area contributed by atoms with Crippen LogP contribution >= 0.6 is 23.4 Å². The van der Waals surface area contributed by atoms with Crippen LogP contribution in [0.4, 0.5) is 0 Å². The summed E-state index contributed by atoms with van der Waals surface area (Å²) in [5, 5.41) is 9.36. The van der Waals surface area contributed by atoms with Gasteiger partial charge in [0.2, 0.25) is 5.91 Å². The van der Waals surface area contributed by atoms with Crippen LogP contribution < -0.4 is 0 Å². The zero-order valence-electron chi connectivity index (χ0n) is 14.1. The standard InChI is InChI=1S/C20H18ClN3OS/c1-2-12-24-19(25)18(13-15-8-4-3-5-9-15)26-20(24)23-22-14-16-10-6-7-11-17(16)21/h2-11,14,18H,1,12-13H2. The van der Waals surface area contributed by atoms with Gasteiger partial charge >= 0.3 is 0 Å². The van der Waals surface area contributed by atoms with E-state index in [-0.39, 0.29) is 11.2 Å². The lowest BCUT2D eigenvalue weighted by Crippen LogP contribution is -2.32. The first-order valence-corrected chi connectivity index (χ1v) is 9.43. The van der Waals surface area contributed by atoms with Gasteiger partial charge in [-0.1, -0.05) is 78.0 Å². The third kappa shape index (κ3) is 4.42. The van der Waals surface area contributed by atoms with Crippen LogP contribution in [0.2, 0.25) is 5.02 Å². The summed E-state index contributed by atoms with van der Waals surface area (Å²) in [4.78, 5) is 14.3. The van der Waals surface area contributed by atoms with Gasteiger partial charge in [-0.05, 0) is 18.1 Å². The van der Waals surface area contributed by atoms with Crippen molar-refractivity contribution in [3.8, 4) is 0 Å². The normalized spacial score (nSPS) is 18.8. The van der Waals surface area contributed by atoms with Gasteiger partial charge < -0.3 is 0 Å². The molecule has 2 aromatic carbocycles. The van der Waals surface area contributed by atoms with Gasteiger partial charge in [-0.2, -0.15) is 5.10 Å². The maximum atomic E-state index is 12.7. The molecule has 1 heterocycles. The number of hydrogen-bond donors (Lipinski definition) is 0. The van der Waals surface area contributed by atoms with Crippen LogP contribution in [0.25, 0.3) is 0 Å². The molecule has 1 atom stereocenters. The molecule has 0 N–H and O–H groups in total. The number of amides is 1. The van der Waals surface area contributed by atoms with Gasteiger partial charge in [-0.15, -0.1) is 11.7 Å². The summed E-state index contributed by atoms with van der Waals surface area (Å²) in [6.07, 6.45) is 3.94. The second-order valence-electron chi connectivity index (χ2n) is 5.68. The van der Waals surface area contributed by atoms with Crippen molar-refractivity contribution in [3.05, 3.63) is 83.4 Å². The topological polar surface area (TPSA) is 45.0 Å². The number of thioether (sulfide) groups is 1. The molecule has 0 bridgehead atoms. The third-order valence-electron chi connectivity index (χ3n) is 3.84. The summed E-state index contributed by atoms with van der Waals surface area (Å²) >= 11 is 7.54. The molecule has 0 saturated carbocycles. The molecule has 3 rings (SSSR count). The quantitative estimate of drug-likeness (QED) is 0.421. The van der Waals surface area contributed by atoms with Crippen LogP contribution in [0.15, 0.2) is 77.5 Å². The van der Waals surface area contributed by atoms with E-state index in [1.807, 2.05) is 48.5 Å². The zero-order chi connectivity index (χ0) is 18.4. The Labute approximate surface area is 162 Å². The van der Waals surface area contributed by atoms with Crippen molar-refractivity contribution in [2.75, 3.05) is 6.54 Å². The van der Waals surface area contributed by atoms with E-state index >= 15 is 0 Å². The first kappa shape index (κ1) is 18.4. The Balaban J connectivity index is 1.77. The van der Waals surface area contributed by atoms with Crippen LogP contribution in [-0.4, -0.2) is 34.0 Å². The van der Waals surface area contributed by atoms with Gasteiger partial charge in [0.25, 0.3) is 0 Å². The summed E-state index contributed by atoms with van der Waals surface area (Å²) < 4.78 is 0. The Morgan fingerprint density at radius 2 is 1.88 bits per heavy atom. The first-order valence-electron chi connectivity index (χ1n) is 8.17. The average molecular weight is 384 g/mol. The van der Waals surface area contributed by atoms with E-state index in [1.165, 1.54) is 11.8 Å². The molecule has 1 saturated heterocycles. The molecule has 132 valence electrons. The lowest BCUT2D eigenvalue weighted by molar-refractivity contribution is -0.125. The summed E-state index contributed by atoms with van der Waals surface area (Å²) in [5.41, 5.74) is 1.90. The highest BCUT2D eigenvalue weighted by Gasteiger charge is 2.37. The SMILES string of the molecule is C=CCN1C(=O)C(Cc2ccccc2)SC1=NN=Cc1ccccc1Cl. The lowest BCUT2D eigenvalue weighted by Gasteiger charge is -2.12. The van der Waals surface area contributed by atoms with Gasteiger partial charge in [-0.25, -0.2) is 0 Å². The number of carbonyl (C=O) groups is 1. The first-order chi connectivity index (χ1) is 12.7. The van der Waals surface area contributed by atoms with Crippen LogP contribution in [0.1, 0.15) is 11.1 Å². The number of benzene rings is 2. The van der Waals surface area contributed by atoms with Gasteiger partial charge in [-0.3, -0.25) is 9.69 Å². The predicted octanol–water partition coefficient (Wildman–Crippen LogP) is 4.40. The second kappa shape index (κ2) is 8.83. The van der Waals surface area contributed by atoms with Crippen molar-refractivity contribution in [3.63, 3.8) is 0 Å². The number of nitrogens with zero attached hydrogens (tertiary/aromatic N) is 3. The molecule has 0 aliphatic carbocycles. The van der Waals surface area contributed by atoms with Crippen LogP contribution in [-0.2, 0) is 11.2 Å². The molecule has 6 heteroatoms. The number of hydrogen-bond acceptors (Lipinski definition) is 4. The van der Waals surface area contributed by atoms with E-state index in [0.29, 0.717) is 23.2 Å². The minimum absolute atomic E-state index is 0.0328. The van der Waals surface area contributed by atoms with E-state index < -0.39 is 0 Å². The Hall–Kier alpha value is -2.37. The summed E-state index contributed by atoms with van der Waals surface area (Å²) in [6.45, 7) is 4.14. The van der Waals surface area contributed by atoms with Crippen LogP contribution in [0, 0.1) is 0 Å². The van der Waals surface area contributed by atoms with E-state index in [9.17, 15) is 4.79 Å². The molecule has 2 aromatic rings. The maximum Gasteiger partial charge on any atom is 0.242 e. The fourth-order valence-corrected chi connectivity index (χ4v) is 3.89. The molecule has 0 radical (unpaired) electrons. The molecular formula is C20H18ClN3OS. The molecule has 26 heavy (non-hydrogen) atoms. The van der Waals surface area contributed by atoms with Gasteiger partial charge in [0, 0.05) is 17.1 Å². The lowest BCUT2D eigenvalue weighted by atomic mass is 10.1. The van der Waals surface area contributed by atoms with Crippen molar-refractivity contribution < 1.29 is 4.79 Å². The number of amidine groups is 1. The number of carbonyl (C=O) groups excluding carboxylic acids is 1. The molecule has 1 aliphatic heterocycles. The van der Waals surface area contributed by atoms with Crippen molar-refractivity contribution in [1.82, 2.24) is 4.90 Å². The van der Waals surface area contributed by atoms with Gasteiger partial charge in [0.1, 0.15) is 0 Å². The molecule has 0 aromatic heterocycles. The minimum Gasteiger partial charge on any atom is -0.285 e. The highest BCUT2D eigenvalue weighted by atomic mass is 35.5. The molecule has 1 aliphatic rings. The van der Waals surface area contributed by atoms with Crippen molar-refractivity contribution in [2.45, 2.75) is 11.7 Å². The fraction of sp³-hybridized carbons (Fsp3) is 0.150. The highest BCUT2D eigenvalue weighted by molar-refractivity contribution is 8.15. The summed E-state index contributed by atoms with van der Waals surface area (Å²) in [7, 11) is 0. The van der Waals surface area contributed by atoms with Crippen LogP contribution in [0.5, 0.6) is 0 Å². The highest BCUT2D eigenvalue weighted by Crippen LogP contribution is 2.30. The minimum atomic E-state index is -0.202. The summed E-state index contributed by atoms with van der Waals surface area (Å²) in [6, 6.07) is 17.4. The molecule has 0 spiro atoms. The third-order valence-corrected chi connectivity index (χ3v) is 5.35. The van der Waals surface area contributed by atoms with E-state index in [0.717, 1.165) is 11.1 Å².